The third-order valence-electron chi connectivity index (χ3n) is 6.55. The minimum Gasteiger partial charge on any atom is -0.497 e. The van der Waals surface area contributed by atoms with E-state index in [1.54, 1.807) is 23.4 Å². The maximum Gasteiger partial charge on any atom is 0.248 e. The number of methoxy groups -OCH3 is 1. The van der Waals surface area contributed by atoms with E-state index < -0.39 is 11.0 Å². The molecule has 0 saturated heterocycles. The molecule has 1 aliphatic heterocycles. The van der Waals surface area contributed by atoms with Crippen LogP contribution >= 0.6 is 0 Å². The Bertz CT molecular complexity index is 1040. The van der Waals surface area contributed by atoms with Gasteiger partial charge in [-0.15, -0.1) is 0 Å². The van der Waals surface area contributed by atoms with Crippen LogP contribution in [0.2, 0.25) is 0 Å². The van der Waals surface area contributed by atoms with Crippen LogP contribution < -0.4 is 4.74 Å². The Morgan fingerprint density at radius 2 is 1.71 bits per heavy atom. The minimum atomic E-state index is -1.32. The van der Waals surface area contributed by atoms with E-state index in [1.807, 2.05) is 33.0 Å². The van der Waals surface area contributed by atoms with Gasteiger partial charge in [0.25, 0.3) is 0 Å². The molecular formula is C27H39N3O4S. The van der Waals surface area contributed by atoms with Crippen LogP contribution in [0.4, 0.5) is 0 Å². The first-order valence-corrected chi connectivity index (χ1v) is 13.2. The maximum absolute atomic E-state index is 13.0. The number of aryl methyl sites for hydroxylation is 2. The Hall–Kier alpha value is -2.26. The van der Waals surface area contributed by atoms with Gasteiger partial charge < -0.3 is 19.3 Å². The molecule has 35 heavy (non-hydrogen) atoms. The summed E-state index contributed by atoms with van der Waals surface area (Å²) in [5, 5.41) is 0. The lowest BCUT2D eigenvalue weighted by molar-refractivity contribution is -0.135. The summed E-state index contributed by atoms with van der Waals surface area (Å²) in [6.07, 6.45) is 2.12. The van der Waals surface area contributed by atoms with Crippen LogP contribution in [-0.2, 0) is 39.9 Å². The van der Waals surface area contributed by atoms with Crippen molar-refractivity contribution in [1.29, 1.82) is 0 Å². The number of hydrogen-bond acceptors (Lipinski definition) is 5. The van der Waals surface area contributed by atoms with Crippen LogP contribution in [0.25, 0.3) is 0 Å². The molecule has 1 amide bonds. The van der Waals surface area contributed by atoms with E-state index in [2.05, 4.69) is 30.1 Å². The number of nitrogens with zero attached hydrogens (tertiary/aromatic N) is 3. The zero-order valence-electron chi connectivity index (χ0n) is 21.9. The molecule has 2 aromatic rings. The zero-order chi connectivity index (χ0) is 25.5. The molecule has 0 fully saturated rings. The second-order valence-corrected chi connectivity index (χ2v) is 10.9. The normalized spacial score (nSPS) is 14.9. The zero-order valence-corrected chi connectivity index (χ0v) is 22.7. The van der Waals surface area contributed by atoms with Crippen molar-refractivity contribution in [2.45, 2.75) is 38.1 Å². The molecule has 0 aromatic heterocycles. The van der Waals surface area contributed by atoms with E-state index in [0.29, 0.717) is 19.7 Å². The quantitative estimate of drug-likeness (QED) is 0.469. The molecular weight excluding hydrogens is 462 g/mol. The van der Waals surface area contributed by atoms with E-state index in [-0.39, 0.29) is 12.5 Å². The van der Waals surface area contributed by atoms with Gasteiger partial charge in [-0.1, -0.05) is 18.2 Å². The standard InChI is InChI=1S/C27H39N3O4S/c1-20-15-25(33-6)16-21(2)27(20)35(32)30(5)13-14-34-19-26(31)29(4)18-22-7-8-23-9-11-28(3)12-10-24(23)17-22/h7-8,15-17H,9-14,18-19H2,1-6H3. The lowest BCUT2D eigenvalue weighted by atomic mass is 10.00. The van der Waals surface area contributed by atoms with Gasteiger partial charge in [-0.25, -0.2) is 8.51 Å². The minimum absolute atomic E-state index is 0.00724. The summed E-state index contributed by atoms with van der Waals surface area (Å²) in [5.41, 5.74) is 5.80. The van der Waals surface area contributed by atoms with Gasteiger partial charge in [0.05, 0.1) is 18.6 Å². The van der Waals surface area contributed by atoms with Crippen molar-refractivity contribution >= 4 is 16.9 Å². The second-order valence-electron chi connectivity index (χ2n) is 9.40. The average molecular weight is 502 g/mol. The third-order valence-corrected chi connectivity index (χ3v) is 8.29. The van der Waals surface area contributed by atoms with E-state index in [9.17, 15) is 9.00 Å². The van der Waals surface area contributed by atoms with Gasteiger partial charge in [-0.3, -0.25) is 4.79 Å². The van der Waals surface area contributed by atoms with Crippen molar-refractivity contribution < 1.29 is 18.5 Å². The maximum atomic E-state index is 13.0. The van der Waals surface area contributed by atoms with E-state index >= 15 is 0 Å². The molecule has 3 rings (SSSR count). The largest absolute Gasteiger partial charge is 0.497 e. The van der Waals surface area contributed by atoms with Gasteiger partial charge in [0.15, 0.2) is 0 Å². The van der Waals surface area contributed by atoms with Gasteiger partial charge >= 0.3 is 0 Å². The van der Waals surface area contributed by atoms with Crippen molar-refractivity contribution in [3.05, 3.63) is 58.1 Å². The Balaban J connectivity index is 1.45. The monoisotopic (exact) mass is 501 g/mol. The topological polar surface area (TPSA) is 62.3 Å². The summed E-state index contributed by atoms with van der Waals surface area (Å²) in [5.74, 6) is 0.693. The number of ether oxygens (including phenoxy) is 2. The molecule has 1 atom stereocenters. The number of rotatable bonds is 10. The fourth-order valence-electron chi connectivity index (χ4n) is 4.36. The highest BCUT2D eigenvalue weighted by atomic mass is 32.2. The molecule has 1 unspecified atom stereocenters. The fourth-order valence-corrected chi connectivity index (χ4v) is 5.58. The molecule has 192 valence electrons. The number of fused-ring (bicyclic) bond motifs is 1. The Labute approximate surface area is 212 Å². The fraction of sp³-hybridized carbons (Fsp3) is 0.519. The lowest BCUT2D eigenvalue weighted by Gasteiger charge is -2.20. The van der Waals surface area contributed by atoms with Gasteiger partial charge in [0, 0.05) is 40.3 Å². The number of carbonyl (C=O) groups excluding carboxylic acids is 1. The summed E-state index contributed by atoms with van der Waals surface area (Å²) in [7, 11) is 6.08. The van der Waals surface area contributed by atoms with E-state index in [0.717, 1.165) is 53.3 Å². The van der Waals surface area contributed by atoms with Crippen molar-refractivity contribution in [1.82, 2.24) is 14.1 Å². The first-order chi connectivity index (χ1) is 16.7. The molecule has 0 bridgehead atoms. The van der Waals surface area contributed by atoms with Gasteiger partial charge in [0.2, 0.25) is 5.91 Å². The highest BCUT2D eigenvalue weighted by molar-refractivity contribution is 7.82. The number of hydrogen-bond donors (Lipinski definition) is 0. The van der Waals surface area contributed by atoms with Crippen LogP contribution in [0.1, 0.15) is 27.8 Å². The molecule has 1 aliphatic rings. The third kappa shape index (κ3) is 7.36. The van der Waals surface area contributed by atoms with Gasteiger partial charge in [-0.2, -0.15) is 0 Å². The molecule has 0 radical (unpaired) electrons. The van der Waals surface area contributed by atoms with E-state index in [1.165, 1.54) is 11.1 Å². The van der Waals surface area contributed by atoms with Gasteiger partial charge in [0.1, 0.15) is 23.3 Å². The summed E-state index contributed by atoms with van der Waals surface area (Å²) in [6.45, 7) is 7.36. The number of carbonyl (C=O) groups is 1. The molecule has 0 spiro atoms. The molecule has 7 nitrogen and oxygen atoms in total. The van der Waals surface area contributed by atoms with E-state index in [4.69, 9.17) is 9.47 Å². The summed E-state index contributed by atoms with van der Waals surface area (Å²) in [4.78, 5) is 17.4. The summed E-state index contributed by atoms with van der Waals surface area (Å²) >= 11 is 0. The lowest BCUT2D eigenvalue weighted by Crippen LogP contribution is -2.32. The van der Waals surface area contributed by atoms with Crippen LogP contribution in [0.5, 0.6) is 5.75 Å². The smallest absolute Gasteiger partial charge is 0.248 e. The summed E-state index contributed by atoms with van der Waals surface area (Å²) < 4.78 is 25.7. The molecule has 2 aromatic carbocycles. The predicted molar refractivity (Wildman–Crippen MR) is 140 cm³/mol. The number of amides is 1. The first kappa shape index (κ1) is 27.3. The Morgan fingerprint density at radius 1 is 1.06 bits per heavy atom. The van der Waals surface area contributed by atoms with Crippen LogP contribution in [-0.4, -0.2) is 85.3 Å². The van der Waals surface area contributed by atoms with Crippen molar-refractivity contribution in [3.63, 3.8) is 0 Å². The molecule has 0 aliphatic carbocycles. The van der Waals surface area contributed by atoms with Crippen LogP contribution in [0.15, 0.2) is 35.2 Å². The van der Waals surface area contributed by atoms with Gasteiger partial charge in [-0.05, 0) is 73.7 Å². The van der Waals surface area contributed by atoms with Crippen LogP contribution in [0.3, 0.4) is 0 Å². The SMILES string of the molecule is COc1cc(C)c(S(=O)N(C)CCOCC(=O)N(C)Cc2ccc3c(c2)CCN(C)CC3)c(C)c1. The predicted octanol–water partition coefficient (Wildman–Crippen LogP) is 2.97. The summed E-state index contributed by atoms with van der Waals surface area (Å²) in [6, 6.07) is 10.4. The average Bonchev–Trinajstić information content (AvgIpc) is 3.01. The molecule has 0 N–H and O–H groups in total. The molecule has 0 saturated carbocycles. The Morgan fingerprint density at radius 3 is 2.37 bits per heavy atom. The van der Waals surface area contributed by atoms with Crippen molar-refractivity contribution in [2.24, 2.45) is 0 Å². The molecule has 1 heterocycles. The van der Waals surface area contributed by atoms with Crippen molar-refractivity contribution in [3.8, 4) is 5.75 Å². The first-order valence-electron chi connectivity index (χ1n) is 12.1. The number of benzene rings is 2. The number of likely N-dealkylation sites (N-methyl/N-ethyl adjacent to an activating group) is 3. The Kier molecular flexibility index (Phi) is 9.86. The highest BCUT2D eigenvalue weighted by Gasteiger charge is 2.18. The second kappa shape index (κ2) is 12.6. The van der Waals surface area contributed by atoms with Crippen LogP contribution in [0, 0.1) is 13.8 Å². The molecule has 8 heteroatoms. The van der Waals surface area contributed by atoms with Crippen molar-refractivity contribution in [2.75, 3.05) is 61.1 Å². The highest BCUT2D eigenvalue weighted by Crippen LogP contribution is 2.25.